The van der Waals surface area contributed by atoms with E-state index in [1.54, 1.807) is 21.3 Å². The first kappa shape index (κ1) is 26.5. The molecule has 0 unspecified atom stereocenters. The van der Waals surface area contributed by atoms with Crippen molar-refractivity contribution in [1.82, 2.24) is 0 Å². The van der Waals surface area contributed by atoms with Crippen LogP contribution < -0.4 is 29.7 Å². The third kappa shape index (κ3) is 5.92. The fraction of sp³-hybridized carbons (Fsp3) is 0.333. The standard InChI is InChI=1S/C27H35N2O5P/c1-7-17-34-35(30,23-15-13-22(14-16-23)29(2)3)27(28-21-11-9-8-10-12-21)20-18-24(31-4)26(33-6)25(19-20)32-5/h8-16,18-19,27-28H,7,17H2,1-6H3/t27-,35+/m0/s1. The maximum Gasteiger partial charge on any atom is 0.258 e. The summed E-state index contributed by atoms with van der Waals surface area (Å²) in [5.41, 5.74) is 2.52. The maximum atomic E-state index is 14.9. The van der Waals surface area contributed by atoms with Crippen molar-refractivity contribution in [3.05, 3.63) is 72.3 Å². The Labute approximate surface area is 208 Å². The molecule has 3 aromatic carbocycles. The van der Waals surface area contributed by atoms with Crippen molar-refractivity contribution in [2.45, 2.75) is 19.1 Å². The number of benzene rings is 3. The summed E-state index contributed by atoms with van der Waals surface area (Å²) >= 11 is 0. The summed E-state index contributed by atoms with van der Waals surface area (Å²) in [6, 6.07) is 21.0. The van der Waals surface area contributed by atoms with Crippen LogP contribution in [-0.4, -0.2) is 42.0 Å². The number of para-hydroxylation sites is 1. The van der Waals surface area contributed by atoms with E-state index in [9.17, 15) is 4.57 Å². The molecule has 8 heteroatoms. The number of rotatable bonds is 12. The molecule has 0 heterocycles. The molecule has 0 amide bonds. The second-order valence-electron chi connectivity index (χ2n) is 8.21. The number of hydrogen-bond donors (Lipinski definition) is 1. The lowest BCUT2D eigenvalue weighted by molar-refractivity contribution is 0.314. The predicted octanol–water partition coefficient (Wildman–Crippen LogP) is 5.92. The molecule has 0 aliphatic heterocycles. The van der Waals surface area contributed by atoms with Crippen molar-refractivity contribution >= 4 is 24.0 Å². The van der Waals surface area contributed by atoms with Gasteiger partial charge in [-0.15, -0.1) is 0 Å². The van der Waals surface area contributed by atoms with Crippen molar-refractivity contribution in [1.29, 1.82) is 0 Å². The van der Waals surface area contributed by atoms with E-state index in [4.69, 9.17) is 18.7 Å². The molecule has 1 N–H and O–H groups in total. The van der Waals surface area contributed by atoms with Crippen LogP contribution in [0.4, 0.5) is 11.4 Å². The predicted molar refractivity (Wildman–Crippen MR) is 143 cm³/mol. The number of methoxy groups -OCH3 is 3. The van der Waals surface area contributed by atoms with E-state index in [0.29, 0.717) is 34.7 Å². The Balaban J connectivity index is 2.23. The lowest BCUT2D eigenvalue weighted by atomic mass is 10.1. The van der Waals surface area contributed by atoms with Gasteiger partial charge < -0.3 is 29.0 Å². The van der Waals surface area contributed by atoms with Gasteiger partial charge >= 0.3 is 0 Å². The molecule has 0 saturated carbocycles. The van der Waals surface area contributed by atoms with Crippen LogP contribution in [0.5, 0.6) is 17.2 Å². The molecule has 0 fully saturated rings. The molecule has 35 heavy (non-hydrogen) atoms. The van der Waals surface area contributed by atoms with Crippen LogP contribution in [0.1, 0.15) is 24.7 Å². The Morgan fingerprint density at radius 2 is 1.49 bits per heavy atom. The lowest BCUT2D eigenvalue weighted by Crippen LogP contribution is -2.21. The van der Waals surface area contributed by atoms with E-state index >= 15 is 0 Å². The average molecular weight is 499 g/mol. The Morgan fingerprint density at radius 3 is 1.97 bits per heavy atom. The highest BCUT2D eigenvalue weighted by atomic mass is 31.2. The van der Waals surface area contributed by atoms with E-state index in [-0.39, 0.29) is 0 Å². The van der Waals surface area contributed by atoms with Crippen molar-refractivity contribution in [3.8, 4) is 17.2 Å². The summed E-state index contributed by atoms with van der Waals surface area (Å²) in [5.74, 6) is 0.714. The SMILES string of the molecule is CCCO[P@](=O)(c1ccc(N(C)C)cc1)[C@H](Nc1ccccc1)c1cc(OC)c(OC)c(OC)c1. The number of anilines is 2. The van der Waals surface area contributed by atoms with Gasteiger partial charge in [-0.2, -0.15) is 0 Å². The number of hydrogen-bond acceptors (Lipinski definition) is 7. The normalized spacial score (nSPS) is 13.4. The van der Waals surface area contributed by atoms with Crippen molar-refractivity contribution in [2.24, 2.45) is 0 Å². The Hall–Kier alpha value is -3.15. The van der Waals surface area contributed by atoms with E-state index in [0.717, 1.165) is 17.8 Å². The van der Waals surface area contributed by atoms with Crippen LogP contribution in [0, 0.1) is 0 Å². The van der Waals surface area contributed by atoms with Gasteiger partial charge in [-0.1, -0.05) is 25.1 Å². The number of nitrogens with one attached hydrogen (secondary N) is 1. The average Bonchev–Trinajstić information content (AvgIpc) is 2.90. The zero-order valence-electron chi connectivity index (χ0n) is 21.3. The van der Waals surface area contributed by atoms with Crippen LogP contribution in [-0.2, 0) is 9.09 Å². The van der Waals surface area contributed by atoms with Gasteiger partial charge in [0, 0.05) is 30.8 Å². The van der Waals surface area contributed by atoms with E-state index in [1.165, 1.54) is 0 Å². The molecule has 0 radical (unpaired) electrons. The summed E-state index contributed by atoms with van der Waals surface area (Å²) in [5, 5.41) is 4.09. The summed E-state index contributed by atoms with van der Waals surface area (Å²) in [4.78, 5) is 2.00. The zero-order chi connectivity index (χ0) is 25.4. The van der Waals surface area contributed by atoms with Gasteiger partial charge in [0.2, 0.25) is 5.75 Å². The fourth-order valence-corrected chi connectivity index (χ4v) is 6.27. The number of nitrogens with zero attached hydrogens (tertiary/aromatic N) is 1. The van der Waals surface area contributed by atoms with Gasteiger partial charge in [-0.25, -0.2) is 0 Å². The molecule has 0 aromatic heterocycles. The molecule has 0 aliphatic carbocycles. The second-order valence-corrected chi connectivity index (χ2v) is 10.7. The summed E-state index contributed by atoms with van der Waals surface area (Å²) in [7, 11) is 5.12. The molecule has 7 nitrogen and oxygen atoms in total. The van der Waals surface area contributed by atoms with Crippen LogP contribution in [0.25, 0.3) is 0 Å². The third-order valence-electron chi connectivity index (χ3n) is 5.63. The summed E-state index contributed by atoms with van der Waals surface area (Å²) < 4.78 is 37.8. The smallest absolute Gasteiger partial charge is 0.258 e. The van der Waals surface area contributed by atoms with E-state index in [1.807, 2.05) is 92.6 Å². The third-order valence-corrected chi connectivity index (χ3v) is 8.32. The molecular formula is C27H35N2O5P. The van der Waals surface area contributed by atoms with Crippen molar-refractivity contribution < 1.29 is 23.3 Å². The fourth-order valence-electron chi connectivity index (χ4n) is 3.80. The highest BCUT2D eigenvalue weighted by molar-refractivity contribution is 7.67. The minimum Gasteiger partial charge on any atom is -0.493 e. The Kier molecular flexibility index (Phi) is 9.07. The van der Waals surface area contributed by atoms with Gasteiger partial charge in [-0.05, 0) is 60.5 Å². The number of ether oxygens (including phenoxy) is 3. The van der Waals surface area contributed by atoms with Crippen molar-refractivity contribution in [3.63, 3.8) is 0 Å². The Bertz CT molecular complexity index is 1110. The monoisotopic (exact) mass is 498 g/mol. The van der Waals surface area contributed by atoms with Crippen molar-refractivity contribution in [2.75, 3.05) is 52.2 Å². The molecule has 2 atom stereocenters. The first-order valence-electron chi connectivity index (χ1n) is 11.5. The van der Waals surface area contributed by atoms with Crippen LogP contribution in [0.3, 0.4) is 0 Å². The van der Waals surface area contributed by atoms with Gasteiger partial charge in [0.25, 0.3) is 7.37 Å². The Morgan fingerprint density at radius 1 is 0.886 bits per heavy atom. The highest BCUT2D eigenvalue weighted by Crippen LogP contribution is 2.60. The van der Waals surface area contributed by atoms with Crippen LogP contribution >= 0.6 is 7.37 Å². The molecular weight excluding hydrogens is 463 g/mol. The quantitative estimate of drug-likeness (QED) is 0.311. The van der Waals surface area contributed by atoms with E-state index in [2.05, 4.69) is 5.32 Å². The molecule has 0 saturated heterocycles. The molecule has 3 rings (SSSR count). The van der Waals surface area contributed by atoms with Gasteiger partial charge in [0.1, 0.15) is 5.78 Å². The van der Waals surface area contributed by atoms with Gasteiger partial charge in [-0.3, -0.25) is 4.57 Å². The van der Waals surface area contributed by atoms with Gasteiger partial charge in [0.15, 0.2) is 11.5 Å². The summed E-state index contributed by atoms with van der Waals surface area (Å²) in [6.07, 6.45) is 0.729. The minimum absolute atomic E-state index is 0.351. The zero-order valence-corrected chi connectivity index (χ0v) is 22.2. The molecule has 3 aromatic rings. The molecule has 0 bridgehead atoms. The van der Waals surface area contributed by atoms with Crippen LogP contribution in [0.2, 0.25) is 0 Å². The maximum absolute atomic E-state index is 14.9. The summed E-state index contributed by atoms with van der Waals surface area (Å²) in [6.45, 7) is 2.35. The highest BCUT2D eigenvalue weighted by Gasteiger charge is 2.39. The lowest BCUT2D eigenvalue weighted by Gasteiger charge is -2.31. The largest absolute Gasteiger partial charge is 0.493 e. The first-order valence-corrected chi connectivity index (χ1v) is 13.2. The first-order chi connectivity index (χ1) is 16.9. The topological polar surface area (TPSA) is 69.3 Å². The molecule has 0 aliphatic rings. The van der Waals surface area contributed by atoms with Gasteiger partial charge in [0.05, 0.1) is 27.9 Å². The van der Waals surface area contributed by atoms with Crippen LogP contribution in [0.15, 0.2) is 66.7 Å². The van der Waals surface area contributed by atoms with E-state index < -0.39 is 13.2 Å². The molecule has 188 valence electrons. The minimum atomic E-state index is -3.50. The second kappa shape index (κ2) is 12.0. The molecule has 0 spiro atoms.